The summed E-state index contributed by atoms with van der Waals surface area (Å²) in [4.78, 5) is 55.2. The number of likely N-dealkylation sites (tertiary alicyclic amines) is 2. The standard InChI is InChI=1S/C32H34N4O4/c37-29(31(39)33-15-5-6-16-33)25-21-35(27-13-3-1-11-23(25)27)19-9-10-20-36-22-26(24-12-2-4-14-28(24)36)30(38)32(40)34-17-7-8-18-34/h1-4,11-14,21-22H,5-10,15-20H2. The first-order valence-electron chi connectivity index (χ1n) is 14.4. The average Bonchev–Trinajstić information content (AvgIpc) is 3.80. The van der Waals surface area contributed by atoms with Crippen molar-refractivity contribution < 1.29 is 19.2 Å². The predicted octanol–water partition coefficient (Wildman–Crippen LogP) is 4.69. The second-order valence-electron chi connectivity index (χ2n) is 10.9. The fourth-order valence-electron chi connectivity index (χ4n) is 6.15. The van der Waals surface area contributed by atoms with Crippen LogP contribution in [0.4, 0.5) is 0 Å². The number of para-hydroxylation sites is 2. The van der Waals surface area contributed by atoms with Gasteiger partial charge < -0.3 is 18.9 Å². The quantitative estimate of drug-likeness (QED) is 0.176. The molecule has 0 bridgehead atoms. The van der Waals surface area contributed by atoms with E-state index in [-0.39, 0.29) is 0 Å². The highest BCUT2D eigenvalue weighted by atomic mass is 16.2. The summed E-state index contributed by atoms with van der Waals surface area (Å²) in [5, 5.41) is 1.62. The molecule has 40 heavy (non-hydrogen) atoms. The van der Waals surface area contributed by atoms with Crippen molar-refractivity contribution in [1.29, 1.82) is 0 Å². The number of Topliss-reactive ketones (excluding diaryl/α,β-unsaturated/α-hetero) is 2. The Hall–Kier alpha value is -4.20. The summed E-state index contributed by atoms with van der Waals surface area (Å²) in [6.45, 7) is 4.00. The molecule has 2 fully saturated rings. The van der Waals surface area contributed by atoms with Gasteiger partial charge in [-0.2, -0.15) is 0 Å². The van der Waals surface area contributed by atoms with E-state index in [1.807, 2.05) is 60.9 Å². The Balaban J connectivity index is 1.16. The van der Waals surface area contributed by atoms with Gasteiger partial charge in [-0.3, -0.25) is 19.2 Å². The van der Waals surface area contributed by atoms with E-state index in [4.69, 9.17) is 0 Å². The number of nitrogens with zero attached hydrogens (tertiary/aromatic N) is 4. The number of rotatable bonds is 9. The van der Waals surface area contributed by atoms with Gasteiger partial charge in [0.05, 0.1) is 11.1 Å². The van der Waals surface area contributed by atoms with Crippen LogP contribution in [0.5, 0.6) is 0 Å². The smallest absolute Gasteiger partial charge is 0.295 e. The lowest BCUT2D eigenvalue weighted by Crippen LogP contribution is -2.34. The Labute approximate surface area is 233 Å². The van der Waals surface area contributed by atoms with Crippen molar-refractivity contribution in [3.8, 4) is 0 Å². The van der Waals surface area contributed by atoms with Gasteiger partial charge in [-0.05, 0) is 50.7 Å². The number of hydrogen-bond acceptors (Lipinski definition) is 4. The minimum absolute atomic E-state index is 0.409. The van der Waals surface area contributed by atoms with Gasteiger partial charge in [-0.25, -0.2) is 0 Å². The molecule has 0 N–H and O–H groups in total. The summed E-state index contributed by atoms with van der Waals surface area (Å²) in [6.07, 6.45) is 9.12. The summed E-state index contributed by atoms with van der Waals surface area (Å²) in [7, 11) is 0. The summed E-state index contributed by atoms with van der Waals surface area (Å²) in [5.74, 6) is -1.69. The van der Waals surface area contributed by atoms with Crippen molar-refractivity contribution in [3.63, 3.8) is 0 Å². The van der Waals surface area contributed by atoms with E-state index < -0.39 is 23.4 Å². The molecule has 2 amide bonds. The number of aromatic nitrogens is 2. The molecule has 2 aliphatic heterocycles. The van der Waals surface area contributed by atoms with Crippen LogP contribution in [0.3, 0.4) is 0 Å². The number of ketones is 2. The van der Waals surface area contributed by atoms with Crippen LogP contribution in [-0.2, 0) is 22.7 Å². The number of fused-ring (bicyclic) bond motifs is 2. The topological polar surface area (TPSA) is 84.6 Å². The van der Waals surface area contributed by atoms with Crippen molar-refractivity contribution in [2.45, 2.75) is 51.6 Å². The Morgan fingerprint density at radius 3 is 1.32 bits per heavy atom. The Morgan fingerprint density at radius 2 is 0.925 bits per heavy atom. The van der Waals surface area contributed by atoms with E-state index in [1.165, 1.54) is 0 Å². The fourth-order valence-corrected chi connectivity index (χ4v) is 6.15. The number of benzene rings is 2. The maximum atomic E-state index is 13.1. The molecule has 0 unspecified atom stereocenters. The van der Waals surface area contributed by atoms with E-state index in [1.54, 1.807) is 9.80 Å². The maximum Gasteiger partial charge on any atom is 0.295 e. The van der Waals surface area contributed by atoms with Crippen LogP contribution in [0.25, 0.3) is 21.8 Å². The third-order valence-electron chi connectivity index (χ3n) is 8.29. The van der Waals surface area contributed by atoms with E-state index in [9.17, 15) is 19.2 Å². The highest BCUT2D eigenvalue weighted by Gasteiger charge is 2.29. The molecule has 8 heteroatoms. The van der Waals surface area contributed by atoms with E-state index >= 15 is 0 Å². The molecule has 4 heterocycles. The highest BCUT2D eigenvalue weighted by molar-refractivity contribution is 6.45. The van der Waals surface area contributed by atoms with Crippen LogP contribution in [0, 0.1) is 0 Å². The zero-order valence-corrected chi connectivity index (χ0v) is 22.7. The number of amides is 2. The number of aryl methyl sites for hydroxylation is 2. The molecule has 0 spiro atoms. The van der Waals surface area contributed by atoms with Gasteiger partial charge in [0, 0.05) is 73.5 Å². The first-order chi connectivity index (χ1) is 19.5. The molecule has 0 atom stereocenters. The highest BCUT2D eigenvalue weighted by Crippen LogP contribution is 2.26. The first kappa shape index (κ1) is 26.0. The molecule has 206 valence electrons. The van der Waals surface area contributed by atoms with Crippen LogP contribution >= 0.6 is 0 Å². The summed E-state index contributed by atoms with van der Waals surface area (Å²) in [6, 6.07) is 15.5. The zero-order chi connectivity index (χ0) is 27.6. The molecular weight excluding hydrogens is 504 g/mol. The monoisotopic (exact) mass is 538 g/mol. The predicted molar refractivity (Wildman–Crippen MR) is 153 cm³/mol. The first-order valence-corrected chi connectivity index (χ1v) is 14.4. The molecular formula is C32H34N4O4. The lowest BCUT2D eigenvalue weighted by atomic mass is 10.1. The van der Waals surface area contributed by atoms with E-state index in [0.29, 0.717) is 50.4 Å². The van der Waals surface area contributed by atoms with Crippen LogP contribution in [0.2, 0.25) is 0 Å². The maximum absolute atomic E-state index is 13.1. The molecule has 2 aliphatic rings. The lowest BCUT2D eigenvalue weighted by molar-refractivity contribution is -0.126. The number of carbonyl (C=O) groups is 4. The van der Waals surface area contributed by atoms with E-state index in [2.05, 4.69) is 9.13 Å². The number of hydrogen-bond donors (Lipinski definition) is 0. The minimum atomic E-state index is -0.434. The minimum Gasteiger partial charge on any atom is -0.347 e. The van der Waals surface area contributed by atoms with Gasteiger partial charge in [0.25, 0.3) is 23.4 Å². The number of unbranched alkanes of at least 4 members (excludes halogenated alkanes) is 1. The molecule has 0 radical (unpaired) electrons. The third kappa shape index (κ3) is 4.83. The zero-order valence-electron chi connectivity index (χ0n) is 22.7. The molecule has 0 aliphatic carbocycles. The third-order valence-corrected chi connectivity index (χ3v) is 8.29. The van der Waals surface area contributed by atoms with Gasteiger partial charge in [-0.15, -0.1) is 0 Å². The molecule has 8 nitrogen and oxygen atoms in total. The summed E-state index contributed by atoms with van der Waals surface area (Å²) >= 11 is 0. The molecule has 0 saturated carbocycles. The summed E-state index contributed by atoms with van der Waals surface area (Å²) in [5.41, 5.74) is 2.82. The molecule has 2 aromatic heterocycles. The molecule has 4 aromatic rings. The van der Waals surface area contributed by atoms with Gasteiger partial charge in [-0.1, -0.05) is 36.4 Å². The van der Waals surface area contributed by atoms with E-state index in [0.717, 1.165) is 60.3 Å². The Morgan fingerprint density at radius 1 is 0.550 bits per heavy atom. The SMILES string of the molecule is O=C(C(=O)N1CCCC1)c1cn(CCCCn2cc(C(=O)C(=O)N3CCCC3)c3ccccc32)c2ccccc12. The van der Waals surface area contributed by atoms with Crippen molar-refractivity contribution >= 4 is 45.2 Å². The average molecular weight is 539 g/mol. The molecule has 2 saturated heterocycles. The second kappa shape index (κ2) is 11.1. The van der Waals surface area contributed by atoms with Crippen LogP contribution in [0.1, 0.15) is 59.2 Å². The van der Waals surface area contributed by atoms with Crippen LogP contribution in [-0.4, -0.2) is 68.5 Å². The van der Waals surface area contributed by atoms with Crippen LogP contribution in [0.15, 0.2) is 60.9 Å². The Bertz CT molecular complexity index is 1480. The van der Waals surface area contributed by atoms with Gasteiger partial charge in [0.2, 0.25) is 0 Å². The Kier molecular flexibility index (Phi) is 7.24. The number of carbonyl (C=O) groups excluding carboxylic acids is 4. The van der Waals surface area contributed by atoms with Gasteiger partial charge in [0.1, 0.15) is 0 Å². The summed E-state index contributed by atoms with van der Waals surface area (Å²) < 4.78 is 4.13. The van der Waals surface area contributed by atoms with Crippen LogP contribution < -0.4 is 0 Å². The van der Waals surface area contributed by atoms with Crippen molar-refractivity contribution in [3.05, 3.63) is 72.1 Å². The van der Waals surface area contributed by atoms with Crippen molar-refractivity contribution in [1.82, 2.24) is 18.9 Å². The second-order valence-corrected chi connectivity index (χ2v) is 10.9. The lowest BCUT2D eigenvalue weighted by Gasteiger charge is -2.13. The largest absolute Gasteiger partial charge is 0.347 e. The molecule has 6 rings (SSSR count). The van der Waals surface area contributed by atoms with Crippen molar-refractivity contribution in [2.75, 3.05) is 26.2 Å². The van der Waals surface area contributed by atoms with Gasteiger partial charge in [0.15, 0.2) is 0 Å². The fraction of sp³-hybridized carbons (Fsp3) is 0.375. The van der Waals surface area contributed by atoms with Gasteiger partial charge >= 0.3 is 0 Å². The molecule has 2 aromatic carbocycles. The normalized spacial score (nSPS) is 15.4. The van der Waals surface area contributed by atoms with Crippen molar-refractivity contribution in [2.24, 2.45) is 0 Å².